The number of aryl methyl sites for hydroxylation is 1. The summed E-state index contributed by atoms with van der Waals surface area (Å²) in [6.45, 7) is 1.97. The Labute approximate surface area is 103 Å². The van der Waals surface area contributed by atoms with Crippen LogP contribution in [0.1, 0.15) is 12.6 Å². The monoisotopic (exact) mass is 256 g/mol. The fourth-order valence-corrected chi connectivity index (χ4v) is 1.93. The van der Waals surface area contributed by atoms with Gasteiger partial charge in [0, 0.05) is 16.8 Å². The molecule has 0 saturated heterocycles. The van der Waals surface area contributed by atoms with Crippen LogP contribution in [-0.2, 0) is 6.42 Å². The molecule has 5 heteroatoms. The maximum atomic E-state index is 11.3. The molecule has 1 N–H and O–H groups in total. The molecule has 1 heterocycles. The maximum absolute atomic E-state index is 11.3. The highest BCUT2D eigenvalue weighted by atomic mass is 35.5. The zero-order valence-electron chi connectivity index (χ0n) is 8.63. The fourth-order valence-electron chi connectivity index (χ4n) is 1.56. The number of H-pyrrole nitrogens is 1. The van der Waals surface area contributed by atoms with E-state index >= 15 is 0 Å². The van der Waals surface area contributed by atoms with Crippen molar-refractivity contribution in [2.24, 2.45) is 0 Å². The van der Waals surface area contributed by atoms with Gasteiger partial charge in [-0.1, -0.05) is 30.1 Å². The summed E-state index contributed by atoms with van der Waals surface area (Å²) in [7, 11) is 0. The van der Waals surface area contributed by atoms with Crippen molar-refractivity contribution in [3.05, 3.63) is 50.4 Å². The third-order valence-corrected chi connectivity index (χ3v) is 2.87. The van der Waals surface area contributed by atoms with Gasteiger partial charge in [-0.05, 0) is 24.6 Å². The Kier molecular flexibility index (Phi) is 3.08. The smallest absolute Gasteiger partial charge is 0.264 e. The second-order valence-corrected chi connectivity index (χ2v) is 4.24. The van der Waals surface area contributed by atoms with Crippen LogP contribution < -0.4 is 5.56 Å². The highest BCUT2D eigenvalue weighted by Gasteiger charge is 2.08. The molecule has 0 aliphatic carbocycles. The summed E-state index contributed by atoms with van der Waals surface area (Å²) in [6.07, 6.45) is 0.738. The number of nitrogens with one attached hydrogen (secondary N) is 1. The van der Waals surface area contributed by atoms with Crippen LogP contribution in [-0.4, -0.2) is 9.78 Å². The van der Waals surface area contributed by atoms with Crippen molar-refractivity contribution in [2.45, 2.75) is 13.3 Å². The topological polar surface area (TPSA) is 37.8 Å². The van der Waals surface area contributed by atoms with E-state index < -0.39 is 0 Å². The first-order valence-electron chi connectivity index (χ1n) is 4.88. The van der Waals surface area contributed by atoms with E-state index in [1.807, 2.05) is 6.92 Å². The average molecular weight is 257 g/mol. The fraction of sp³-hybridized carbons (Fsp3) is 0.182. The molecule has 2 rings (SSSR count). The van der Waals surface area contributed by atoms with Gasteiger partial charge in [-0.25, -0.2) is 0 Å². The van der Waals surface area contributed by atoms with E-state index in [4.69, 9.17) is 23.2 Å². The van der Waals surface area contributed by atoms with Gasteiger partial charge in [0.25, 0.3) is 5.56 Å². The van der Waals surface area contributed by atoms with Crippen molar-refractivity contribution in [2.75, 3.05) is 0 Å². The molecule has 0 spiro atoms. The molecule has 0 aliphatic heterocycles. The largest absolute Gasteiger partial charge is 0.268 e. The molecule has 2 aromatic rings. The molecule has 0 aliphatic rings. The summed E-state index contributed by atoms with van der Waals surface area (Å²) >= 11 is 12.0. The van der Waals surface area contributed by atoms with Gasteiger partial charge in [-0.3, -0.25) is 14.6 Å². The van der Waals surface area contributed by atoms with E-state index in [0.717, 1.165) is 12.1 Å². The molecule has 84 valence electrons. The Bertz CT molecular complexity index is 572. The van der Waals surface area contributed by atoms with Crippen molar-refractivity contribution >= 4 is 23.2 Å². The Morgan fingerprint density at radius 2 is 2.06 bits per heavy atom. The number of aromatic nitrogens is 2. The summed E-state index contributed by atoms with van der Waals surface area (Å²) in [5, 5.41) is 3.82. The third-order valence-electron chi connectivity index (χ3n) is 2.32. The summed E-state index contributed by atoms with van der Waals surface area (Å²) in [4.78, 5) is 11.3. The minimum Gasteiger partial charge on any atom is -0.268 e. The molecule has 0 bridgehead atoms. The van der Waals surface area contributed by atoms with Crippen molar-refractivity contribution in [1.82, 2.24) is 9.78 Å². The lowest BCUT2D eigenvalue weighted by atomic mass is 10.3. The molecular weight excluding hydrogens is 247 g/mol. The Morgan fingerprint density at radius 3 is 2.75 bits per heavy atom. The van der Waals surface area contributed by atoms with E-state index in [2.05, 4.69) is 5.10 Å². The summed E-state index contributed by atoms with van der Waals surface area (Å²) in [6, 6.07) is 6.69. The van der Waals surface area contributed by atoms with E-state index in [9.17, 15) is 4.79 Å². The number of halogens is 2. The Hall–Kier alpha value is -1.19. The summed E-state index contributed by atoms with van der Waals surface area (Å²) < 4.78 is 1.66. The van der Waals surface area contributed by atoms with Crippen LogP contribution in [0.3, 0.4) is 0 Å². The molecule has 0 radical (unpaired) electrons. The number of hydrogen-bond donors (Lipinski definition) is 1. The van der Waals surface area contributed by atoms with Gasteiger partial charge in [-0.2, -0.15) is 0 Å². The van der Waals surface area contributed by atoms with Crippen LogP contribution in [0, 0.1) is 0 Å². The highest BCUT2D eigenvalue weighted by molar-refractivity contribution is 6.34. The SMILES string of the molecule is CCc1cc(=O)[nH]n1-c1cc(Cl)ccc1Cl. The standard InChI is InChI=1S/C11H10Cl2N2O/c1-2-8-6-11(16)14-15(8)10-5-7(12)3-4-9(10)13/h3-6H,2H2,1H3,(H,14,16). The Balaban J connectivity index is 2.66. The number of hydrogen-bond acceptors (Lipinski definition) is 1. The van der Waals surface area contributed by atoms with Gasteiger partial charge in [0.05, 0.1) is 10.7 Å². The molecule has 0 saturated carbocycles. The lowest BCUT2D eigenvalue weighted by Crippen LogP contribution is -2.05. The number of benzene rings is 1. The first-order valence-corrected chi connectivity index (χ1v) is 5.63. The van der Waals surface area contributed by atoms with Crippen LogP contribution in [0.15, 0.2) is 29.1 Å². The first kappa shape index (κ1) is 11.3. The van der Waals surface area contributed by atoms with E-state index in [1.165, 1.54) is 0 Å². The minimum absolute atomic E-state index is 0.145. The van der Waals surface area contributed by atoms with Gasteiger partial charge in [0.2, 0.25) is 0 Å². The van der Waals surface area contributed by atoms with Crippen LogP contribution in [0.5, 0.6) is 0 Å². The molecule has 0 atom stereocenters. The predicted octanol–water partition coefficient (Wildman–Crippen LogP) is 3.03. The summed E-state index contributed by atoms with van der Waals surface area (Å²) in [5.41, 5.74) is 1.41. The predicted molar refractivity (Wildman–Crippen MR) is 65.8 cm³/mol. The molecular formula is C11H10Cl2N2O. The van der Waals surface area contributed by atoms with Gasteiger partial charge in [0.15, 0.2) is 0 Å². The minimum atomic E-state index is -0.145. The molecule has 3 nitrogen and oxygen atoms in total. The van der Waals surface area contributed by atoms with Gasteiger partial charge in [-0.15, -0.1) is 0 Å². The van der Waals surface area contributed by atoms with Crippen molar-refractivity contribution in [3.8, 4) is 5.69 Å². The maximum Gasteiger partial charge on any atom is 0.264 e. The van der Waals surface area contributed by atoms with Crippen LogP contribution in [0.2, 0.25) is 10.0 Å². The second-order valence-electron chi connectivity index (χ2n) is 3.40. The Morgan fingerprint density at radius 1 is 1.31 bits per heavy atom. The van der Waals surface area contributed by atoms with Crippen molar-refractivity contribution < 1.29 is 0 Å². The van der Waals surface area contributed by atoms with E-state index in [1.54, 1.807) is 28.9 Å². The zero-order valence-corrected chi connectivity index (χ0v) is 10.1. The van der Waals surface area contributed by atoms with Crippen LogP contribution in [0.4, 0.5) is 0 Å². The lowest BCUT2D eigenvalue weighted by molar-refractivity contribution is 0.805. The molecule has 1 aromatic carbocycles. The quantitative estimate of drug-likeness (QED) is 0.882. The van der Waals surface area contributed by atoms with Gasteiger partial charge >= 0.3 is 0 Å². The number of rotatable bonds is 2. The first-order chi connectivity index (χ1) is 7.61. The summed E-state index contributed by atoms with van der Waals surface area (Å²) in [5.74, 6) is 0. The molecule has 0 unspecified atom stereocenters. The third kappa shape index (κ3) is 2.01. The highest BCUT2D eigenvalue weighted by Crippen LogP contribution is 2.24. The number of nitrogens with zero attached hydrogens (tertiary/aromatic N) is 1. The van der Waals surface area contributed by atoms with Crippen molar-refractivity contribution in [3.63, 3.8) is 0 Å². The molecule has 16 heavy (non-hydrogen) atoms. The molecule has 0 fully saturated rings. The molecule has 1 aromatic heterocycles. The zero-order chi connectivity index (χ0) is 11.7. The van der Waals surface area contributed by atoms with Crippen LogP contribution >= 0.6 is 23.2 Å². The van der Waals surface area contributed by atoms with Crippen LogP contribution in [0.25, 0.3) is 5.69 Å². The second kappa shape index (κ2) is 4.36. The van der Waals surface area contributed by atoms with Gasteiger partial charge < -0.3 is 0 Å². The van der Waals surface area contributed by atoms with E-state index in [-0.39, 0.29) is 5.56 Å². The number of aromatic amines is 1. The van der Waals surface area contributed by atoms with E-state index in [0.29, 0.717) is 15.7 Å². The normalized spacial score (nSPS) is 10.7. The van der Waals surface area contributed by atoms with Gasteiger partial charge in [0.1, 0.15) is 0 Å². The van der Waals surface area contributed by atoms with Crippen molar-refractivity contribution in [1.29, 1.82) is 0 Å². The average Bonchev–Trinajstić information content (AvgIpc) is 2.63. The lowest BCUT2D eigenvalue weighted by Gasteiger charge is -2.09. The molecule has 0 amide bonds.